The van der Waals surface area contributed by atoms with Gasteiger partial charge in [0.05, 0.1) is 5.69 Å². The summed E-state index contributed by atoms with van der Waals surface area (Å²) in [6, 6.07) is 8.09. The molecule has 21 heavy (non-hydrogen) atoms. The topological polar surface area (TPSA) is 88.4 Å². The van der Waals surface area contributed by atoms with Crippen molar-refractivity contribution >= 4 is 17.6 Å². The molecule has 0 fully saturated rings. The van der Waals surface area contributed by atoms with E-state index in [0.29, 0.717) is 0 Å². The highest BCUT2D eigenvalue weighted by Crippen LogP contribution is 2.12. The molecule has 1 amide bonds. The van der Waals surface area contributed by atoms with Gasteiger partial charge in [0.15, 0.2) is 0 Å². The number of carboxylic acids is 1. The standard InChI is InChI=1S/C14H11FN2O4/c15-10-5-1-2-6-11(10)16-12(18)8-17-7-3-4-9(13(17)19)14(20)21/h1-7H,8H2,(H,16,18)(H,20,21). The number of halogens is 1. The van der Waals surface area contributed by atoms with E-state index in [2.05, 4.69) is 5.32 Å². The van der Waals surface area contributed by atoms with Crippen LogP contribution in [0, 0.1) is 5.82 Å². The van der Waals surface area contributed by atoms with Crippen LogP contribution >= 0.6 is 0 Å². The molecular formula is C14H11FN2O4. The lowest BCUT2D eigenvalue weighted by atomic mass is 10.2. The summed E-state index contributed by atoms with van der Waals surface area (Å²) in [7, 11) is 0. The molecule has 1 aromatic carbocycles. The fourth-order valence-electron chi connectivity index (χ4n) is 1.73. The largest absolute Gasteiger partial charge is 0.477 e. The molecule has 0 bridgehead atoms. The first-order valence-electron chi connectivity index (χ1n) is 5.96. The normalized spacial score (nSPS) is 10.1. The van der Waals surface area contributed by atoms with Gasteiger partial charge < -0.3 is 15.0 Å². The first-order valence-corrected chi connectivity index (χ1v) is 5.96. The quantitative estimate of drug-likeness (QED) is 0.889. The minimum absolute atomic E-state index is 0.00932. The number of amides is 1. The lowest BCUT2D eigenvalue weighted by Crippen LogP contribution is -2.30. The van der Waals surface area contributed by atoms with Gasteiger partial charge in [0.1, 0.15) is 17.9 Å². The van der Waals surface area contributed by atoms with Gasteiger partial charge in [-0.05, 0) is 24.3 Å². The van der Waals surface area contributed by atoms with Crippen molar-refractivity contribution in [3.8, 4) is 0 Å². The third-order valence-corrected chi connectivity index (χ3v) is 2.71. The molecule has 0 saturated heterocycles. The summed E-state index contributed by atoms with van der Waals surface area (Å²) in [6.45, 7) is -0.408. The number of carbonyl (C=O) groups is 2. The maximum absolute atomic E-state index is 13.4. The Morgan fingerprint density at radius 1 is 1.19 bits per heavy atom. The molecule has 0 spiro atoms. The molecule has 7 heteroatoms. The molecule has 0 atom stereocenters. The van der Waals surface area contributed by atoms with Gasteiger partial charge in [-0.1, -0.05) is 12.1 Å². The Morgan fingerprint density at radius 3 is 2.57 bits per heavy atom. The third-order valence-electron chi connectivity index (χ3n) is 2.71. The highest BCUT2D eigenvalue weighted by molar-refractivity contribution is 5.91. The Morgan fingerprint density at radius 2 is 1.90 bits per heavy atom. The van der Waals surface area contributed by atoms with E-state index in [1.807, 2.05) is 0 Å². The summed E-state index contributed by atoms with van der Waals surface area (Å²) in [5, 5.41) is 11.1. The zero-order valence-corrected chi connectivity index (χ0v) is 10.7. The number of para-hydroxylation sites is 1. The van der Waals surface area contributed by atoms with Crippen LogP contribution in [0.1, 0.15) is 10.4 Å². The maximum atomic E-state index is 13.4. The number of nitrogens with one attached hydrogen (secondary N) is 1. The summed E-state index contributed by atoms with van der Waals surface area (Å²) < 4.78 is 14.3. The molecule has 0 aliphatic carbocycles. The van der Waals surface area contributed by atoms with Gasteiger partial charge in [-0.15, -0.1) is 0 Å². The second-order valence-corrected chi connectivity index (χ2v) is 4.19. The van der Waals surface area contributed by atoms with Crippen LogP contribution in [-0.4, -0.2) is 21.6 Å². The van der Waals surface area contributed by atoms with Crippen molar-refractivity contribution in [2.45, 2.75) is 6.54 Å². The Balaban J connectivity index is 2.18. The van der Waals surface area contributed by atoms with Gasteiger partial charge in [-0.2, -0.15) is 0 Å². The predicted molar refractivity (Wildman–Crippen MR) is 72.7 cm³/mol. The van der Waals surface area contributed by atoms with E-state index in [4.69, 9.17) is 5.11 Å². The van der Waals surface area contributed by atoms with Crippen LogP contribution < -0.4 is 10.9 Å². The van der Waals surface area contributed by atoms with Crippen LogP contribution in [0.25, 0.3) is 0 Å². The van der Waals surface area contributed by atoms with E-state index >= 15 is 0 Å². The van der Waals surface area contributed by atoms with Crippen LogP contribution in [0.15, 0.2) is 47.4 Å². The number of anilines is 1. The lowest BCUT2D eigenvalue weighted by Gasteiger charge is -2.08. The zero-order chi connectivity index (χ0) is 15.4. The molecule has 6 nitrogen and oxygen atoms in total. The van der Waals surface area contributed by atoms with E-state index in [1.165, 1.54) is 30.5 Å². The number of rotatable bonds is 4. The third kappa shape index (κ3) is 3.33. The first kappa shape index (κ1) is 14.4. The number of pyridine rings is 1. The van der Waals surface area contributed by atoms with Gasteiger partial charge in [-0.3, -0.25) is 9.59 Å². The maximum Gasteiger partial charge on any atom is 0.341 e. The van der Waals surface area contributed by atoms with Crippen molar-refractivity contribution in [1.82, 2.24) is 4.57 Å². The molecule has 0 radical (unpaired) electrons. The molecule has 2 N–H and O–H groups in total. The highest BCUT2D eigenvalue weighted by atomic mass is 19.1. The number of hydrogen-bond donors (Lipinski definition) is 2. The number of nitrogens with zero attached hydrogens (tertiary/aromatic N) is 1. The lowest BCUT2D eigenvalue weighted by molar-refractivity contribution is -0.116. The smallest absolute Gasteiger partial charge is 0.341 e. The summed E-state index contributed by atoms with van der Waals surface area (Å²) in [5.41, 5.74) is -1.24. The number of benzene rings is 1. The average Bonchev–Trinajstić information content (AvgIpc) is 2.43. The average molecular weight is 290 g/mol. The van der Waals surface area contributed by atoms with Gasteiger partial charge >= 0.3 is 5.97 Å². The molecule has 2 aromatic rings. The highest BCUT2D eigenvalue weighted by Gasteiger charge is 2.13. The summed E-state index contributed by atoms with van der Waals surface area (Å²) in [5.74, 6) is -2.61. The van der Waals surface area contributed by atoms with Crippen LogP contribution in [0.3, 0.4) is 0 Å². The second kappa shape index (κ2) is 6.00. The molecule has 0 unspecified atom stereocenters. The zero-order valence-electron chi connectivity index (χ0n) is 10.7. The fourth-order valence-corrected chi connectivity index (χ4v) is 1.73. The number of aromatic nitrogens is 1. The summed E-state index contributed by atoms with van der Waals surface area (Å²) in [6.07, 6.45) is 1.29. The molecule has 1 heterocycles. The summed E-state index contributed by atoms with van der Waals surface area (Å²) >= 11 is 0. The van der Waals surface area contributed by atoms with Gasteiger partial charge in [0, 0.05) is 6.20 Å². The molecule has 1 aromatic heterocycles. The van der Waals surface area contributed by atoms with E-state index in [0.717, 1.165) is 10.6 Å². The molecular weight excluding hydrogens is 279 g/mol. The van der Waals surface area contributed by atoms with E-state index < -0.39 is 35.4 Å². The Bertz CT molecular complexity index is 755. The Labute approximate surface area is 118 Å². The first-order chi connectivity index (χ1) is 9.99. The van der Waals surface area contributed by atoms with Crippen LogP contribution in [0.2, 0.25) is 0 Å². The summed E-state index contributed by atoms with van der Waals surface area (Å²) in [4.78, 5) is 34.4. The monoisotopic (exact) mass is 290 g/mol. The minimum atomic E-state index is -1.37. The van der Waals surface area contributed by atoms with Gasteiger partial charge in [0.2, 0.25) is 5.91 Å². The molecule has 0 saturated carbocycles. The second-order valence-electron chi connectivity index (χ2n) is 4.19. The minimum Gasteiger partial charge on any atom is -0.477 e. The van der Waals surface area contributed by atoms with Gasteiger partial charge in [0.25, 0.3) is 5.56 Å². The fraction of sp³-hybridized carbons (Fsp3) is 0.0714. The van der Waals surface area contributed by atoms with Crippen molar-refractivity contribution in [2.75, 3.05) is 5.32 Å². The Kier molecular flexibility index (Phi) is 4.13. The number of carbonyl (C=O) groups excluding carboxylic acids is 1. The predicted octanol–water partition coefficient (Wildman–Crippen LogP) is 1.32. The van der Waals surface area contributed by atoms with Crippen molar-refractivity contribution in [1.29, 1.82) is 0 Å². The van der Waals surface area contributed by atoms with Crippen LogP contribution in [-0.2, 0) is 11.3 Å². The number of aromatic carboxylic acids is 1. The molecule has 0 aliphatic heterocycles. The van der Waals surface area contributed by atoms with Crippen molar-refractivity contribution in [3.63, 3.8) is 0 Å². The van der Waals surface area contributed by atoms with Crippen molar-refractivity contribution in [3.05, 3.63) is 64.3 Å². The van der Waals surface area contributed by atoms with E-state index in [1.54, 1.807) is 6.07 Å². The van der Waals surface area contributed by atoms with Crippen molar-refractivity contribution in [2.24, 2.45) is 0 Å². The number of carboxylic acid groups (broad SMARTS) is 1. The van der Waals surface area contributed by atoms with Crippen LogP contribution in [0.5, 0.6) is 0 Å². The van der Waals surface area contributed by atoms with Crippen molar-refractivity contribution < 1.29 is 19.1 Å². The number of hydrogen-bond acceptors (Lipinski definition) is 3. The SMILES string of the molecule is O=C(Cn1cccc(C(=O)O)c1=O)Nc1ccccc1F. The Hall–Kier alpha value is -2.96. The van der Waals surface area contributed by atoms with Gasteiger partial charge in [-0.25, -0.2) is 9.18 Å². The van der Waals surface area contributed by atoms with Crippen LogP contribution in [0.4, 0.5) is 10.1 Å². The molecule has 2 rings (SSSR count). The van der Waals surface area contributed by atoms with E-state index in [9.17, 15) is 18.8 Å². The molecule has 108 valence electrons. The van der Waals surface area contributed by atoms with E-state index in [-0.39, 0.29) is 5.69 Å². The molecule has 0 aliphatic rings.